The quantitative estimate of drug-likeness (QED) is 0.869. The smallest absolute Gasteiger partial charge is 0.0521 e. The molecule has 0 bridgehead atoms. The van der Waals surface area contributed by atoms with E-state index in [1.807, 2.05) is 17.9 Å². The molecule has 1 N–H and O–H groups in total. The molecule has 0 aromatic carbocycles. The molecular weight excluding hydrogens is 210 g/mol. The Hall–Kier alpha value is -0.830. The molecule has 1 heterocycles. The summed E-state index contributed by atoms with van der Waals surface area (Å²) in [6.07, 6.45) is 9.42. The van der Waals surface area contributed by atoms with Crippen LogP contribution in [0, 0.1) is 5.41 Å². The molecule has 1 aromatic rings. The van der Waals surface area contributed by atoms with E-state index >= 15 is 0 Å². The zero-order chi connectivity index (χ0) is 12.5. The Labute approximate surface area is 105 Å². The summed E-state index contributed by atoms with van der Waals surface area (Å²) in [4.78, 5) is 0. The maximum atomic E-state index is 4.26. The molecule has 0 radical (unpaired) electrons. The summed E-state index contributed by atoms with van der Waals surface area (Å²) in [5.74, 6) is 0. The summed E-state index contributed by atoms with van der Waals surface area (Å²) in [5.41, 5.74) is 2.08. The molecular formula is C14H25N3. The van der Waals surface area contributed by atoms with Gasteiger partial charge in [0.2, 0.25) is 0 Å². The van der Waals surface area contributed by atoms with Crippen LogP contribution < -0.4 is 5.32 Å². The third-order valence-corrected chi connectivity index (χ3v) is 3.75. The largest absolute Gasteiger partial charge is 0.312 e. The number of aromatic nitrogens is 2. The Bertz CT molecular complexity index is 369. The first-order valence-corrected chi connectivity index (χ1v) is 6.61. The topological polar surface area (TPSA) is 29.9 Å². The number of rotatable bonds is 4. The van der Waals surface area contributed by atoms with Crippen molar-refractivity contribution < 1.29 is 0 Å². The van der Waals surface area contributed by atoms with Gasteiger partial charge in [-0.25, -0.2) is 0 Å². The van der Waals surface area contributed by atoms with Gasteiger partial charge in [0.15, 0.2) is 0 Å². The predicted octanol–water partition coefficient (Wildman–Crippen LogP) is 2.52. The highest BCUT2D eigenvalue weighted by molar-refractivity contribution is 5.10. The lowest BCUT2D eigenvalue weighted by Gasteiger charge is -2.44. The Kier molecular flexibility index (Phi) is 3.30. The molecule has 0 atom stereocenters. The lowest BCUT2D eigenvalue weighted by molar-refractivity contribution is 0.118. The van der Waals surface area contributed by atoms with Gasteiger partial charge in [-0.05, 0) is 51.0 Å². The average Bonchev–Trinajstić information content (AvgIpc) is 2.54. The van der Waals surface area contributed by atoms with Crippen LogP contribution in [0.2, 0.25) is 0 Å². The van der Waals surface area contributed by atoms with E-state index in [9.17, 15) is 0 Å². The molecule has 0 spiro atoms. The minimum Gasteiger partial charge on any atom is -0.312 e. The standard InChI is InChI=1S/C14H25N3/c1-13(2,3)15-11-14(6-5-7-14)8-12-9-16-17(4)10-12/h9-10,15H,5-8,11H2,1-4H3. The molecule has 1 fully saturated rings. The molecule has 96 valence electrons. The minimum absolute atomic E-state index is 0.220. The molecule has 17 heavy (non-hydrogen) atoms. The third-order valence-electron chi connectivity index (χ3n) is 3.75. The minimum atomic E-state index is 0.220. The van der Waals surface area contributed by atoms with E-state index in [-0.39, 0.29) is 5.54 Å². The normalized spacial score (nSPS) is 19.1. The van der Waals surface area contributed by atoms with E-state index in [1.54, 1.807) is 0 Å². The molecule has 1 aliphatic carbocycles. The molecule has 3 heteroatoms. The zero-order valence-corrected chi connectivity index (χ0v) is 11.6. The van der Waals surface area contributed by atoms with E-state index < -0.39 is 0 Å². The van der Waals surface area contributed by atoms with Crippen LogP contribution >= 0.6 is 0 Å². The van der Waals surface area contributed by atoms with Gasteiger partial charge in [0.05, 0.1) is 6.20 Å². The van der Waals surface area contributed by atoms with Crippen molar-refractivity contribution in [1.29, 1.82) is 0 Å². The van der Waals surface area contributed by atoms with Crippen LogP contribution in [-0.4, -0.2) is 21.9 Å². The summed E-state index contributed by atoms with van der Waals surface area (Å²) in [7, 11) is 1.99. The van der Waals surface area contributed by atoms with Crippen LogP contribution in [0.4, 0.5) is 0 Å². The zero-order valence-electron chi connectivity index (χ0n) is 11.6. The summed E-state index contributed by atoms with van der Waals surface area (Å²) >= 11 is 0. The first kappa shape index (κ1) is 12.6. The molecule has 1 saturated carbocycles. The van der Waals surface area contributed by atoms with Crippen LogP contribution in [0.3, 0.4) is 0 Å². The first-order chi connectivity index (χ1) is 7.89. The molecule has 1 aromatic heterocycles. The molecule has 0 unspecified atom stereocenters. The maximum Gasteiger partial charge on any atom is 0.0521 e. The van der Waals surface area contributed by atoms with Crippen molar-refractivity contribution in [2.24, 2.45) is 12.5 Å². The highest BCUT2D eigenvalue weighted by atomic mass is 15.2. The number of nitrogens with one attached hydrogen (secondary N) is 1. The molecule has 0 saturated heterocycles. The van der Waals surface area contributed by atoms with Gasteiger partial charge in [-0.2, -0.15) is 5.10 Å². The van der Waals surface area contributed by atoms with E-state index in [0.29, 0.717) is 5.41 Å². The molecule has 2 rings (SSSR count). The van der Waals surface area contributed by atoms with Crippen molar-refractivity contribution in [2.75, 3.05) is 6.54 Å². The van der Waals surface area contributed by atoms with E-state index in [2.05, 4.69) is 37.4 Å². The molecule has 3 nitrogen and oxygen atoms in total. The fraction of sp³-hybridized carbons (Fsp3) is 0.786. The number of aryl methyl sites for hydroxylation is 1. The number of nitrogens with zero attached hydrogens (tertiary/aromatic N) is 2. The average molecular weight is 235 g/mol. The fourth-order valence-corrected chi connectivity index (χ4v) is 2.54. The summed E-state index contributed by atoms with van der Waals surface area (Å²) in [5, 5.41) is 7.93. The SMILES string of the molecule is Cn1cc(CC2(CNC(C)(C)C)CCC2)cn1. The second-order valence-corrected chi connectivity index (χ2v) is 6.66. The maximum absolute atomic E-state index is 4.26. The second-order valence-electron chi connectivity index (χ2n) is 6.66. The number of hydrogen-bond acceptors (Lipinski definition) is 2. The third kappa shape index (κ3) is 3.32. The predicted molar refractivity (Wildman–Crippen MR) is 71.0 cm³/mol. The Balaban J connectivity index is 1.95. The highest BCUT2D eigenvalue weighted by Crippen LogP contribution is 2.43. The van der Waals surface area contributed by atoms with Gasteiger partial charge in [0.1, 0.15) is 0 Å². The Morgan fingerprint density at radius 3 is 2.53 bits per heavy atom. The van der Waals surface area contributed by atoms with Gasteiger partial charge < -0.3 is 5.32 Å². The van der Waals surface area contributed by atoms with E-state index in [4.69, 9.17) is 0 Å². The van der Waals surface area contributed by atoms with Crippen molar-refractivity contribution in [2.45, 2.75) is 52.0 Å². The van der Waals surface area contributed by atoms with Gasteiger partial charge in [-0.15, -0.1) is 0 Å². The van der Waals surface area contributed by atoms with Crippen molar-refractivity contribution >= 4 is 0 Å². The summed E-state index contributed by atoms with van der Waals surface area (Å²) in [6, 6.07) is 0. The van der Waals surface area contributed by atoms with Gasteiger partial charge in [0.25, 0.3) is 0 Å². The van der Waals surface area contributed by atoms with Crippen molar-refractivity contribution in [3.8, 4) is 0 Å². The highest BCUT2D eigenvalue weighted by Gasteiger charge is 2.37. The second kappa shape index (κ2) is 4.45. The number of hydrogen-bond donors (Lipinski definition) is 1. The van der Waals surface area contributed by atoms with Crippen LogP contribution in [0.1, 0.15) is 45.6 Å². The first-order valence-electron chi connectivity index (χ1n) is 6.61. The molecule has 1 aliphatic rings. The van der Waals surface area contributed by atoms with Gasteiger partial charge >= 0.3 is 0 Å². The monoisotopic (exact) mass is 235 g/mol. The summed E-state index contributed by atoms with van der Waals surface area (Å²) < 4.78 is 1.90. The lowest BCUT2D eigenvalue weighted by Crippen LogP contribution is -2.47. The van der Waals surface area contributed by atoms with Crippen molar-refractivity contribution in [1.82, 2.24) is 15.1 Å². The van der Waals surface area contributed by atoms with Crippen LogP contribution in [0.15, 0.2) is 12.4 Å². The van der Waals surface area contributed by atoms with Crippen LogP contribution in [-0.2, 0) is 13.5 Å². The van der Waals surface area contributed by atoms with Gasteiger partial charge in [-0.3, -0.25) is 4.68 Å². The van der Waals surface area contributed by atoms with Crippen LogP contribution in [0.5, 0.6) is 0 Å². The van der Waals surface area contributed by atoms with Crippen LogP contribution in [0.25, 0.3) is 0 Å². The van der Waals surface area contributed by atoms with Gasteiger partial charge in [0, 0.05) is 25.3 Å². The molecule has 0 aliphatic heterocycles. The van der Waals surface area contributed by atoms with E-state index in [0.717, 1.165) is 6.54 Å². The van der Waals surface area contributed by atoms with Crippen molar-refractivity contribution in [3.63, 3.8) is 0 Å². The van der Waals surface area contributed by atoms with Gasteiger partial charge in [-0.1, -0.05) is 6.42 Å². The Morgan fingerprint density at radius 1 is 1.41 bits per heavy atom. The fourth-order valence-electron chi connectivity index (χ4n) is 2.54. The summed E-state index contributed by atoms with van der Waals surface area (Å²) in [6.45, 7) is 7.85. The van der Waals surface area contributed by atoms with Crippen molar-refractivity contribution in [3.05, 3.63) is 18.0 Å². The lowest BCUT2D eigenvalue weighted by atomic mass is 9.65. The molecule has 0 amide bonds. The Morgan fingerprint density at radius 2 is 2.12 bits per heavy atom. The van der Waals surface area contributed by atoms with E-state index in [1.165, 1.54) is 31.2 Å².